The van der Waals surface area contributed by atoms with Crippen molar-refractivity contribution in [1.82, 2.24) is 0 Å². The van der Waals surface area contributed by atoms with Crippen LogP contribution < -0.4 is 4.74 Å². The summed E-state index contributed by atoms with van der Waals surface area (Å²) in [6.45, 7) is 8.74. The summed E-state index contributed by atoms with van der Waals surface area (Å²) in [6, 6.07) is 6.44. The van der Waals surface area contributed by atoms with Gasteiger partial charge in [-0.25, -0.2) is 0 Å². The molecule has 0 bridgehead atoms. The van der Waals surface area contributed by atoms with Crippen molar-refractivity contribution in [3.05, 3.63) is 34.9 Å². The third-order valence-electron chi connectivity index (χ3n) is 3.36. The molecule has 0 saturated heterocycles. The first-order valence-corrected chi connectivity index (χ1v) is 7.62. The number of alkyl halides is 1. The largest absolute Gasteiger partial charge is 0.487 e. The van der Waals surface area contributed by atoms with Gasteiger partial charge < -0.3 is 4.74 Å². The van der Waals surface area contributed by atoms with E-state index in [1.54, 1.807) is 0 Å². The van der Waals surface area contributed by atoms with Gasteiger partial charge in [-0.15, -0.1) is 0 Å². The van der Waals surface area contributed by atoms with Crippen LogP contribution in [-0.2, 0) is 6.42 Å². The van der Waals surface area contributed by atoms with E-state index in [1.165, 1.54) is 16.7 Å². The van der Waals surface area contributed by atoms with Gasteiger partial charge in [-0.1, -0.05) is 59.6 Å². The van der Waals surface area contributed by atoms with Crippen LogP contribution in [0.4, 0.5) is 0 Å². The highest BCUT2D eigenvalue weighted by Gasteiger charge is 2.31. The molecule has 18 heavy (non-hydrogen) atoms. The summed E-state index contributed by atoms with van der Waals surface area (Å²) in [6.07, 6.45) is 3.26. The average Bonchev–Trinajstić information content (AvgIpc) is 2.60. The summed E-state index contributed by atoms with van der Waals surface area (Å²) >= 11 is 3.57. The van der Waals surface area contributed by atoms with Crippen molar-refractivity contribution in [3.63, 3.8) is 0 Å². The summed E-state index contributed by atoms with van der Waals surface area (Å²) in [5.41, 5.74) is 3.86. The molecule has 0 aromatic heterocycles. The fraction of sp³-hybridized carbons (Fsp3) is 0.500. The number of para-hydroxylation sites is 1. The Kier molecular flexibility index (Phi) is 3.86. The van der Waals surface area contributed by atoms with Gasteiger partial charge in [-0.05, 0) is 25.3 Å². The molecule has 0 atom stereocenters. The molecule has 0 N–H and O–H groups in total. The Labute approximate surface area is 118 Å². The minimum absolute atomic E-state index is 0.0708. The highest BCUT2D eigenvalue weighted by atomic mass is 79.9. The van der Waals surface area contributed by atoms with Crippen LogP contribution in [0.25, 0.3) is 6.08 Å². The lowest BCUT2D eigenvalue weighted by Crippen LogP contribution is -2.24. The maximum absolute atomic E-state index is 6.09. The second-order valence-electron chi connectivity index (χ2n) is 5.88. The van der Waals surface area contributed by atoms with Gasteiger partial charge in [0.2, 0.25) is 0 Å². The molecule has 0 saturated carbocycles. The lowest BCUT2D eigenvalue weighted by molar-refractivity contribution is 0.138. The molecule has 0 radical (unpaired) electrons. The smallest absolute Gasteiger partial charge is 0.130 e. The zero-order chi connectivity index (χ0) is 13.3. The molecule has 1 aliphatic rings. The first-order chi connectivity index (χ1) is 8.43. The van der Waals surface area contributed by atoms with Gasteiger partial charge in [-0.3, -0.25) is 0 Å². The normalized spacial score (nSPS) is 17.8. The van der Waals surface area contributed by atoms with Crippen molar-refractivity contribution in [2.24, 2.45) is 5.92 Å². The number of fused-ring (bicyclic) bond motifs is 1. The molecule has 0 aliphatic carbocycles. The molecule has 2 rings (SSSR count). The zero-order valence-electron chi connectivity index (χ0n) is 11.6. The molecular formula is C16H21BrO. The predicted octanol–water partition coefficient (Wildman–Crippen LogP) is 4.83. The third kappa shape index (κ3) is 2.80. The molecule has 98 valence electrons. The molecule has 1 aliphatic heterocycles. The molecule has 1 aromatic rings. The molecule has 0 spiro atoms. The van der Waals surface area contributed by atoms with Crippen LogP contribution in [0, 0.1) is 5.92 Å². The molecule has 1 aromatic carbocycles. The first kappa shape index (κ1) is 13.7. The maximum Gasteiger partial charge on any atom is 0.130 e. The summed E-state index contributed by atoms with van der Waals surface area (Å²) in [5, 5.41) is 0.914. The summed E-state index contributed by atoms with van der Waals surface area (Å²) in [4.78, 5) is 0. The van der Waals surface area contributed by atoms with Crippen LogP contribution in [0.2, 0.25) is 0 Å². The van der Waals surface area contributed by atoms with Crippen LogP contribution in [-0.4, -0.2) is 10.9 Å². The molecule has 0 amide bonds. The van der Waals surface area contributed by atoms with E-state index in [4.69, 9.17) is 4.74 Å². The van der Waals surface area contributed by atoms with Gasteiger partial charge in [0.1, 0.15) is 11.4 Å². The number of hydrogen-bond donors (Lipinski definition) is 0. The van der Waals surface area contributed by atoms with E-state index < -0.39 is 0 Å². The van der Waals surface area contributed by atoms with Crippen LogP contribution in [0.15, 0.2) is 23.8 Å². The molecule has 0 unspecified atom stereocenters. The van der Waals surface area contributed by atoms with Gasteiger partial charge in [-0.2, -0.15) is 0 Å². The van der Waals surface area contributed by atoms with Gasteiger partial charge in [0.25, 0.3) is 0 Å². The number of allylic oxidation sites excluding steroid dienone is 1. The highest BCUT2D eigenvalue weighted by molar-refractivity contribution is 9.09. The predicted molar refractivity (Wildman–Crippen MR) is 81.5 cm³/mol. The molecule has 1 nitrogen and oxygen atoms in total. The van der Waals surface area contributed by atoms with Crippen LogP contribution in [0.3, 0.4) is 0 Å². The quantitative estimate of drug-likeness (QED) is 0.726. The Morgan fingerprint density at radius 2 is 2.17 bits per heavy atom. The van der Waals surface area contributed by atoms with E-state index >= 15 is 0 Å². The van der Waals surface area contributed by atoms with Crippen LogP contribution in [0.5, 0.6) is 5.75 Å². The van der Waals surface area contributed by atoms with Gasteiger partial charge in [0.05, 0.1) is 0 Å². The van der Waals surface area contributed by atoms with Gasteiger partial charge >= 0.3 is 0 Å². The van der Waals surface area contributed by atoms with Crippen molar-refractivity contribution in [1.29, 1.82) is 0 Å². The molecule has 2 heteroatoms. The van der Waals surface area contributed by atoms with E-state index in [2.05, 4.69) is 67.9 Å². The Balaban J connectivity index is 2.41. The molecule has 0 fully saturated rings. The van der Waals surface area contributed by atoms with Gasteiger partial charge in [0, 0.05) is 17.3 Å². The van der Waals surface area contributed by atoms with Crippen LogP contribution in [0.1, 0.15) is 38.8 Å². The van der Waals surface area contributed by atoms with Crippen molar-refractivity contribution in [2.75, 3.05) is 5.33 Å². The minimum Gasteiger partial charge on any atom is -0.487 e. The van der Waals surface area contributed by atoms with E-state index in [9.17, 15) is 0 Å². The highest BCUT2D eigenvalue weighted by Crippen LogP contribution is 2.38. The van der Waals surface area contributed by atoms with Crippen molar-refractivity contribution >= 4 is 22.0 Å². The summed E-state index contributed by atoms with van der Waals surface area (Å²) in [7, 11) is 0. The fourth-order valence-electron chi connectivity index (χ4n) is 2.31. The Morgan fingerprint density at radius 1 is 1.44 bits per heavy atom. The lowest BCUT2D eigenvalue weighted by Gasteiger charge is -2.18. The number of halogens is 1. The zero-order valence-corrected chi connectivity index (χ0v) is 13.2. The lowest BCUT2D eigenvalue weighted by atomic mass is 9.98. The van der Waals surface area contributed by atoms with Crippen LogP contribution >= 0.6 is 15.9 Å². The van der Waals surface area contributed by atoms with E-state index in [-0.39, 0.29) is 5.60 Å². The number of ether oxygens (including phenoxy) is 1. The third-order valence-corrected chi connectivity index (χ3v) is 4.01. The Bertz CT molecular complexity index is 472. The second kappa shape index (κ2) is 5.08. The van der Waals surface area contributed by atoms with Crippen molar-refractivity contribution in [3.8, 4) is 5.75 Å². The second-order valence-corrected chi connectivity index (χ2v) is 6.44. The summed E-state index contributed by atoms with van der Waals surface area (Å²) < 4.78 is 6.09. The SMILES string of the molecule is CC(C)C(=Cc1cccc2c1OC(C)(C)C2)CBr. The number of hydrogen-bond acceptors (Lipinski definition) is 1. The van der Waals surface area contributed by atoms with E-state index in [1.807, 2.05) is 0 Å². The van der Waals surface area contributed by atoms with E-state index in [0.29, 0.717) is 5.92 Å². The molecule has 1 heterocycles. The van der Waals surface area contributed by atoms with Crippen molar-refractivity contribution in [2.45, 2.75) is 39.7 Å². The average molecular weight is 309 g/mol. The Morgan fingerprint density at radius 3 is 2.78 bits per heavy atom. The first-order valence-electron chi connectivity index (χ1n) is 6.50. The van der Waals surface area contributed by atoms with Crippen molar-refractivity contribution < 1.29 is 4.74 Å². The standard InChI is InChI=1S/C16H21BrO/c1-11(2)14(10-17)8-12-6-5-7-13-9-16(3,4)18-15(12)13/h5-8,11H,9-10H2,1-4H3. The topological polar surface area (TPSA) is 9.23 Å². The summed E-state index contributed by atoms with van der Waals surface area (Å²) in [5.74, 6) is 1.62. The minimum atomic E-state index is -0.0708. The van der Waals surface area contributed by atoms with E-state index in [0.717, 1.165) is 17.5 Å². The maximum atomic E-state index is 6.09. The van der Waals surface area contributed by atoms with Gasteiger partial charge in [0.15, 0.2) is 0 Å². The number of rotatable bonds is 3. The Hall–Kier alpha value is -0.760. The number of benzene rings is 1. The monoisotopic (exact) mass is 308 g/mol. The molecular weight excluding hydrogens is 288 g/mol. The fourth-order valence-corrected chi connectivity index (χ4v) is 3.12.